The van der Waals surface area contributed by atoms with Gasteiger partial charge in [0.05, 0.1) is 31.1 Å². The first-order valence-electron chi connectivity index (χ1n) is 11.2. The number of benzene rings is 1. The van der Waals surface area contributed by atoms with Gasteiger partial charge in [0.1, 0.15) is 5.75 Å². The third kappa shape index (κ3) is 10.3. The van der Waals surface area contributed by atoms with Crippen molar-refractivity contribution in [2.24, 2.45) is 5.92 Å². The van der Waals surface area contributed by atoms with E-state index in [1.165, 1.54) is 12.1 Å². The molecule has 0 saturated heterocycles. The first-order chi connectivity index (χ1) is 15.5. The number of carbonyl (C=O) groups is 1. The van der Waals surface area contributed by atoms with Crippen molar-refractivity contribution >= 4 is 16.0 Å². The molecule has 0 unspecified atom stereocenters. The molecule has 0 amide bonds. The molecular formula is C22H33F3N2O5S. The zero-order valence-corrected chi connectivity index (χ0v) is 19.9. The average molecular weight is 495 g/mol. The van der Waals surface area contributed by atoms with E-state index in [9.17, 15) is 26.4 Å². The van der Waals surface area contributed by atoms with Gasteiger partial charge in [-0.15, -0.1) is 0 Å². The number of hydrogen-bond donors (Lipinski definition) is 2. The number of carbonyl (C=O) groups excluding carboxylic acids is 1. The second-order valence-corrected chi connectivity index (χ2v) is 10.1. The van der Waals surface area contributed by atoms with Gasteiger partial charge in [0.2, 0.25) is 10.0 Å². The van der Waals surface area contributed by atoms with Crippen LogP contribution in [0.1, 0.15) is 63.1 Å². The number of alkyl halides is 3. The van der Waals surface area contributed by atoms with Crippen molar-refractivity contribution in [3.05, 3.63) is 29.3 Å². The maximum Gasteiger partial charge on any atom is 0.419 e. The van der Waals surface area contributed by atoms with Crippen LogP contribution < -0.4 is 14.8 Å². The molecule has 33 heavy (non-hydrogen) atoms. The van der Waals surface area contributed by atoms with E-state index in [4.69, 9.17) is 9.47 Å². The minimum atomic E-state index is -4.55. The summed E-state index contributed by atoms with van der Waals surface area (Å²) < 4.78 is 77.4. The third-order valence-corrected chi connectivity index (χ3v) is 6.72. The van der Waals surface area contributed by atoms with E-state index >= 15 is 0 Å². The van der Waals surface area contributed by atoms with E-state index in [1.807, 2.05) is 0 Å². The zero-order chi connectivity index (χ0) is 24.5. The molecule has 1 aromatic rings. The van der Waals surface area contributed by atoms with Crippen molar-refractivity contribution in [3.63, 3.8) is 0 Å². The van der Waals surface area contributed by atoms with E-state index in [-0.39, 0.29) is 36.5 Å². The topological polar surface area (TPSA) is 93.7 Å². The highest BCUT2D eigenvalue weighted by Gasteiger charge is 2.35. The molecule has 0 heterocycles. The van der Waals surface area contributed by atoms with Gasteiger partial charge < -0.3 is 14.8 Å². The molecule has 0 aromatic heterocycles. The van der Waals surface area contributed by atoms with Crippen molar-refractivity contribution in [3.8, 4) is 5.75 Å². The Balaban J connectivity index is 1.82. The first kappa shape index (κ1) is 27.4. The SMILES string of the molecule is CCOC(=O)CNCCCCCS(=O)(=O)N[C@@H](C)c1ccc(C(F)(F)F)c(OCC2CC2)c1. The summed E-state index contributed by atoms with van der Waals surface area (Å²) in [6.07, 6.45) is -0.899. The summed E-state index contributed by atoms with van der Waals surface area (Å²) in [6, 6.07) is 2.78. The Morgan fingerprint density at radius 2 is 1.94 bits per heavy atom. The molecule has 1 aliphatic rings. The van der Waals surface area contributed by atoms with Crippen LogP contribution in [0.2, 0.25) is 0 Å². The molecule has 188 valence electrons. The fourth-order valence-corrected chi connectivity index (χ4v) is 4.55. The summed E-state index contributed by atoms with van der Waals surface area (Å²) in [5, 5.41) is 2.93. The highest BCUT2D eigenvalue weighted by molar-refractivity contribution is 7.89. The minimum absolute atomic E-state index is 0.0963. The lowest BCUT2D eigenvalue weighted by molar-refractivity contribution is -0.142. The van der Waals surface area contributed by atoms with E-state index < -0.39 is 27.8 Å². The van der Waals surface area contributed by atoms with Crippen molar-refractivity contribution in [1.29, 1.82) is 0 Å². The highest BCUT2D eigenvalue weighted by atomic mass is 32.2. The Morgan fingerprint density at radius 1 is 1.21 bits per heavy atom. The number of sulfonamides is 1. The van der Waals surface area contributed by atoms with Crippen LogP contribution in [-0.2, 0) is 25.7 Å². The maximum absolute atomic E-state index is 13.3. The summed E-state index contributed by atoms with van der Waals surface area (Å²) in [5.41, 5.74) is -0.459. The summed E-state index contributed by atoms with van der Waals surface area (Å²) in [4.78, 5) is 11.2. The molecule has 1 aliphatic carbocycles. The summed E-state index contributed by atoms with van der Waals surface area (Å²) in [6.45, 7) is 4.55. The van der Waals surface area contributed by atoms with Crippen LogP contribution in [0.4, 0.5) is 13.2 Å². The minimum Gasteiger partial charge on any atom is -0.493 e. The van der Waals surface area contributed by atoms with E-state index in [2.05, 4.69) is 10.0 Å². The lowest BCUT2D eigenvalue weighted by Gasteiger charge is -2.19. The number of unbranched alkanes of at least 4 members (excludes halogenated alkanes) is 2. The standard InChI is InChI=1S/C22H33F3N2O5S/c1-3-31-21(28)14-26-11-5-4-6-12-33(29,30)27-16(2)18-9-10-19(22(23,24)25)20(13-18)32-15-17-7-8-17/h9-10,13,16-17,26-27H,3-8,11-12,14-15H2,1-2H3/t16-/m0/s1. The second-order valence-electron chi connectivity index (χ2n) is 8.21. The van der Waals surface area contributed by atoms with E-state index in [1.54, 1.807) is 13.8 Å². The van der Waals surface area contributed by atoms with Crippen molar-refractivity contribution in [2.75, 3.05) is 32.1 Å². The molecule has 1 fully saturated rings. The lowest BCUT2D eigenvalue weighted by atomic mass is 10.1. The van der Waals surface area contributed by atoms with Gasteiger partial charge in [-0.25, -0.2) is 13.1 Å². The Labute approximate surface area is 193 Å². The Bertz CT molecular complexity index is 873. The number of halogens is 3. The molecule has 1 saturated carbocycles. The van der Waals surface area contributed by atoms with Crippen LogP contribution in [0.15, 0.2) is 18.2 Å². The maximum atomic E-state index is 13.3. The molecule has 2 N–H and O–H groups in total. The van der Waals surface area contributed by atoms with Crippen LogP contribution >= 0.6 is 0 Å². The van der Waals surface area contributed by atoms with E-state index in [0.717, 1.165) is 18.9 Å². The monoisotopic (exact) mass is 494 g/mol. The van der Waals surface area contributed by atoms with E-state index in [0.29, 0.717) is 38.0 Å². The Morgan fingerprint density at radius 3 is 2.58 bits per heavy atom. The fourth-order valence-electron chi connectivity index (χ4n) is 3.17. The lowest BCUT2D eigenvalue weighted by Crippen LogP contribution is -2.29. The predicted molar refractivity (Wildman–Crippen MR) is 118 cm³/mol. The van der Waals surface area contributed by atoms with Gasteiger partial charge in [0.15, 0.2) is 0 Å². The highest BCUT2D eigenvalue weighted by Crippen LogP contribution is 2.39. The number of nitrogens with one attached hydrogen (secondary N) is 2. The van der Waals surface area contributed by atoms with Crippen molar-refractivity contribution in [2.45, 2.75) is 58.2 Å². The van der Waals surface area contributed by atoms with Gasteiger partial charge >= 0.3 is 12.1 Å². The largest absolute Gasteiger partial charge is 0.493 e. The third-order valence-electron chi connectivity index (χ3n) is 5.18. The van der Waals surface area contributed by atoms with Gasteiger partial charge in [-0.2, -0.15) is 13.2 Å². The fraction of sp³-hybridized carbons (Fsp3) is 0.682. The molecular weight excluding hydrogens is 461 g/mol. The summed E-state index contributed by atoms with van der Waals surface area (Å²) >= 11 is 0. The molecule has 11 heteroatoms. The normalized spacial score (nSPS) is 15.3. The molecule has 1 atom stereocenters. The quantitative estimate of drug-likeness (QED) is 0.285. The van der Waals surface area contributed by atoms with Crippen molar-refractivity contribution < 1.29 is 35.9 Å². The molecule has 0 radical (unpaired) electrons. The van der Waals surface area contributed by atoms with Crippen LogP contribution in [-0.4, -0.2) is 46.4 Å². The van der Waals surface area contributed by atoms with Gasteiger partial charge in [-0.05, 0) is 69.7 Å². The van der Waals surface area contributed by atoms with Crippen molar-refractivity contribution in [1.82, 2.24) is 10.0 Å². The molecule has 0 spiro atoms. The Hall–Kier alpha value is -1.85. The van der Waals surface area contributed by atoms with Crippen LogP contribution in [0.25, 0.3) is 0 Å². The Kier molecular flexibility index (Phi) is 10.4. The average Bonchev–Trinajstić information content (AvgIpc) is 3.55. The molecule has 7 nitrogen and oxygen atoms in total. The van der Waals surface area contributed by atoms with Gasteiger partial charge in [0.25, 0.3) is 0 Å². The molecule has 0 aliphatic heterocycles. The molecule has 0 bridgehead atoms. The summed E-state index contributed by atoms with van der Waals surface area (Å²) in [7, 11) is -3.62. The van der Waals surface area contributed by atoms with Crippen LogP contribution in [0, 0.1) is 5.92 Å². The molecule has 2 rings (SSSR count). The first-order valence-corrected chi connectivity index (χ1v) is 12.9. The number of esters is 1. The van der Waals surface area contributed by atoms with Gasteiger partial charge in [-0.3, -0.25) is 4.79 Å². The zero-order valence-electron chi connectivity index (χ0n) is 19.0. The van der Waals surface area contributed by atoms with Gasteiger partial charge in [0, 0.05) is 6.04 Å². The number of hydrogen-bond acceptors (Lipinski definition) is 6. The smallest absolute Gasteiger partial charge is 0.419 e. The van der Waals surface area contributed by atoms with Crippen LogP contribution in [0.3, 0.4) is 0 Å². The number of rotatable bonds is 15. The summed E-state index contributed by atoms with van der Waals surface area (Å²) in [5.74, 6) is -0.414. The predicted octanol–water partition coefficient (Wildman–Crippen LogP) is 3.80. The second kappa shape index (κ2) is 12.6. The number of ether oxygens (including phenoxy) is 2. The molecule has 1 aromatic carbocycles. The van der Waals surface area contributed by atoms with Crippen LogP contribution in [0.5, 0.6) is 5.75 Å². The van der Waals surface area contributed by atoms with Gasteiger partial charge in [-0.1, -0.05) is 12.5 Å².